The van der Waals surface area contributed by atoms with Crippen LogP contribution in [0.5, 0.6) is 0 Å². The smallest absolute Gasteiger partial charge is 0.139 e. The van der Waals surface area contributed by atoms with E-state index >= 15 is 0 Å². The normalized spacial score (nSPS) is 10.8. The van der Waals surface area contributed by atoms with E-state index in [-0.39, 0.29) is 0 Å². The molecular weight excluding hydrogens is 166 g/mol. The van der Waals surface area contributed by atoms with E-state index in [2.05, 4.69) is 5.10 Å². The molecule has 0 spiro atoms. The third-order valence-electron chi connectivity index (χ3n) is 2.15. The van der Waals surface area contributed by atoms with Gasteiger partial charge in [-0.3, -0.25) is 0 Å². The first-order valence-electron chi connectivity index (χ1n) is 4.51. The lowest BCUT2D eigenvalue weighted by molar-refractivity contribution is 0.0775. The fraction of sp³-hybridized carbons (Fsp3) is 0.667. The average Bonchev–Trinajstić information content (AvgIpc) is 2.38. The Morgan fingerprint density at radius 3 is 2.62 bits per heavy atom. The third kappa shape index (κ3) is 2.08. The Labute approximate surface area is 78.7 Å². The van der Waals surface area contributed by atoms with Gasteiger partial charge in [-0.25, -0.2) is 4.68 Å². The molecule has 0 saturated carbocycles. The second-order valence-corrected chi connectivity index (χ2v) is 2.97. The molecule has 74 valence electrons. The number of ether oxygens (including phenoxy) is 1. The quantitative estimate of drug-likeness (QED) is 0.756. The second-order valence-electron chi connectivity index (χ2n) is 2.97. The van der Waals surface area contributed by atoms with Gasteiger partial charge in [-0.05, 0) is 20.8 Å². The predicted octanol–water partition coefficient (Wildman–Crippen LogP) is 0.953. The molecule has 0 bridgehead atoms. The van der Waals surface area contributed by atoms with Gasteiger partial charge in [-0.1, -0.05) is 0 Å². The molecule has 4 nitrogen and oxygen atoms in total. The molecule has 0 aliphatic rings. The highest BCUT2D eigenvalue weighted by Gasteiger charge is 2.08. The Balaban J connectivity index is 2.83. The second kappa shape index (κ2) is 4.39. The van der Waals surface area contributed by atoms with Gasteiger partial charge in [0.05, 0.1) is 5.69 Å². The van der Waals surface area contributed by atoms with Crippen LogP contribution in [0.1, 0.15) is 23.9 Å². The van der Waals surface area contributed by atoms with Crippen LogP contribution in [0.3, 0.4) is 0 Å². The van der Waals surface area contributed by atoms with Crippen molar-refractivity contribution in [3.8, 4) is 0 Å². The maximum Gasteiger partial charge on any atom is 0.139 e. The summed E-state index contributed by atoms with van der Waals surface area (Å²) in [6.07, 6.45) is 0. The van der Waals surface area contributed by atoms with Crippen LogP contribution < -0.4 is 5.73 Å². The first kappa shape index (κ1) is 10.2. The van der Waals surface area contributed by atoms with Gasteiger partial charge in [-0.2, -0.15) is 5.10 Å². The van der Waals surface area contributed by atoms with Crippen LogP contribution in [0.15, 0.2) is 0 Å². The van der Waals surface area contributed by atoms with E-state index in [1.807, 2.05) is 25.5 Å². The van der Waals surface area contributed by atoms with Crippen LogP contribution in [0.2, 0.25) is 0 Å². The van der Waals surface area contributed by atoms with E-state index in [0.29, 0.717) is 19.9 Å². The highest BCUT2D eigenvalue weighted by Crippen LogP contribution is 2.11. The Hall–Kier alpha value is -0.870. The van der Waals surface area contributed by atoms with Gasteiger partial charge in [-0.15, -0.1) is 0 Å². The number of rotatable bonds is 4. The Kier molecular flexibility index (Phi) is 3.45. The summed E-state index contributed by atoms with van der Waals surface area (Å²) in [6, 6.07) is 0. The van der Waals surface area contributed by atoms with Crippen LogP contribution in [0.25, 0.3) is 0 Å². The summed E-state index contributed by atoms with van der Waals surface area (Å²) in [4.78, 5) is 0. The van der Waals surface area contributed by atoms with Crippen LogP contribution >= 0.6 is 0 Å². The van der Waals surface area contributed by atoms with Crippen molar-refractivity contribution in [2.75, 3.05) is 6.61 Å². The molecule has 1 aromatic heterocycles. The highest BCUT2D eigenvalue weighted by molar-refractivity contribution is 5.23. The van der Waals surface area contributed by atoms with E-state index in [9.17, 15) is 0 Å². The van der Waals surface area contributed by atoms with Gasteiger partial charge < -0.3 is 10.5 Å². The van der Waals surface area contributed by atoms with Crippen molar-refractivity contribution < 1.29 is 4.74 Å². The molecule has 2 N–H and O–H groups in total. The zero-order chi connectivity index (χ0) is 9.84. The lowest BCUT2D eigenvalue weighted by Gasteiger charge is -2.03. The van der Waals surface area contributed by atoms with E-state index in [1.54, 1.807) is 0 Å². The van der Waals surface area contributed by atoms with Gasteiger partial charge in [0.25, 0.3) is 0 Å². The lowest BCUT2D eigenvalue weighted by atomic mass is 10.2. The molecule has 0 aliphatic heterocycles. The summed E-state index contributed by atoms with van der Waals surface area (Å²) in [5.74, 6) is 0. The Bertz CT molecular complexity index is 281. The average molecular weight is 183 g/mol. The lowest BCUT2D eigenvalue weighted by Crippen LogP contribution is -2.07. The van der Waals surface area contributed by atoms with Gasteiger partial charge in [0.15, 0.2) is 0 Å². The zero-order valence-corrected chi connectivity index (χ0v) is 8.50. The van der Waals surface area contributed by atoms with Crippen molar-refractivity contribution >= 4 is 0 Å². The monoisotopic (exact) mass is 183 g/mol. The molecule has 0 aromatic carbocycles. The fourth-order valence-electron chi connectivity index (χ4n) is 1.33. The molecule has 1 rings (SSSR count). The minimum atomic E-state index is 0.517. The number of nitrogens with two attached hydrogens (primary N) is 1. The highest BCUT2D eigenvalue weighted by atomic mass is 16.5. The van der Waals surface area contributed by atoms with Crippen molar-refractivity contribution in [2.45, 2.75) is 34.0 Å². The first-order valence-corrected chi connectivity index (χ1v) is 4.51. The molecule has 0 amide bonds. The van der Waals surface area contributed by atoms with Gasteiger partial charge in [0.1, 0.15) is 6.73 Å². The molecule has 1 heterocycles. The Morgan fingerprint density at radius 1 is 1.46 bits per heavy atom. The van der Waals surface area contributed by atoms with E-state index < -0.39 is 0 Å². The number of hydrogen-bond donors (Lipinski definition) is 1. The molecule has 0 atom stereocenters. The van der Waals surface area contributed by atoms with Crippen molar-refractivity contribution in [3.63, 3.8) is 0 Å². The number of hydrogen-bond acceptors (Lipinski definition) is 3. The molecule has 1 aromatic rings. The fourth-order valence-corrected chi connectivity index (χ4v) is 1.33. The number of aryl methyl sites for hydroxylation is 1. The molecule has 13 heavy (non-hydrogen) atoms. The Morgan fingerprint density at radius 2 is 2.15 bits per heavy atom. The summed E-state index contributed by atoms with van der Waals surface area (Å²) >= 11 is 0. The van der Waals surface area contributed by atoms with Crippen molar-refractivity contribution in [3.05, 3.63) is 17.0 Å². The largest absolute Gasteiger partial charge is 0.360 e. The molecule has 0 saturated heterocycles. The minimum Gasteiger partial charge on any atom is -0.360 e. The molecule has 0 fully saturated rings. The van der Waals surface area contributed by atoms with Gasteiger partial charge in [0, 0.05) is 24.4 Å². The van der Waals surface area contributed by atoms with Crippen LogP contribution in [0, 0.1) is 13.8 Å². The minimum absolute atomic E-state index is 0.517. The molecular formula is C9H17N3O. The maximum absolute atomic E-state index is 5.60. The summed E-state index contributed by atoms with van der Waals surface area (Å²) < 4.78 is 7.12. The summed E-state index contributed by atoms with van der Waals surface area (Å²) in [5, 5.41) is 4.33. The predicted molar refractivity (Wildman–Crippen MR) is 51.2 cm³/mol. The van der Waals surface area contributed by atoms with Crippen molar-refractivity contribution in [2.24, 2.45) is 5.73 Å². The van der Waals surface area contributed by atoms with Crippen molar-refractivity contribution in [1.29, 1.82) is 0 Å². The van der Waals surface area contributed by atoms with E-state index in [0.717, 1.165) is 17.0 Å². The first-order chi connectivity index (χ1) is 6.20. The van der Waals surface area contributed by atoms with Crippen LogP contribution in [-0.2, 0) is 18.0 Å². The van der Waals surface area contributed by atoms with E-state index in [1.165, 1.54) is 0 Å². The molecule has 0 aliphatic carbocycles. The molecule has 0 radical (unpaired) electrons. The molecule has 0 unspecified atom stereocenters. The number of aromatic nitrogens is 2. The zero-order valence-electron chi connectivity index (χ0n) is 8.50. The maximum atomic E-state index is 5.60. The topological polar surface area (TPSA) is 53.1 Å². The van der Waals surface area contributed by atoms with Gasteiger partial charge >= 0.3 is 0 Å². The van der Waals surface area contributed by atoms with Crippen LogP contribution in [0.4, 0.5) is 0 Å². The van der Waals surface area contributed by atoms with Crippen LogP contribution in [-0.4, -0.2) is 16.4 Å². The molecule has 4 heteroatoms. The standard InChI is InChI=1S/C9H17N3O/c1-4-13-6-12-8(3)9(5-10)7(2)11-12/h4-6,10H2,1-3H3. The summed E-state index contributed by atoms with van der Waals surface area (Å²) in [7, 11) is 0. The SMILES string of the molecule is CCOCn1nc(C)c(CN)c1C. The van der Waals surface area contributed by atoms with Gasteiger partial charge in [0.2, 0.25) is 0 Å². The van der Waals surface area contributed by atoms with E-state index in [4.69, 9.17) is 10.5 Å². The summed E-state index contributed by atoms with van der Waals surface area (Å²) in [5.41, 5.74) is 8.83. The summed E-state index contributed by atoms with van der Waals surface area (Å²) in [6.45, 7) is 7.72. The van der Waals surface area contributed by atoms with Crippen molar-refractivity contribution in [1.82, 2.24) is 9.78 Å². The number of nitrogens with zero attached hydrogens (tertiary/aromatic N) is 2. The third-order valence-corrected chi connectivity index (χ3v) is 2.15.